The first kappa shape index (κ1) is 14.2. The fourth-order valence-corrected chi connectivity index (χ4v) is 3.35. The van der Waals surface area contributed by atoms with Crippen LogP contribution in [0.15, 0.2) is 0 Å². The first-order chi connectivity index (χ1) is 7.45. The molecule has 0 bridgehead atoms. The van der Waals surface area contributed by atoms with Gasteiger partial charge in [0, 0.05) is 6.04 Å². The van der Waals surface area contributed by atoms with Crippen molar-refractivity contribution in [1.82, 2.24) is 4.72 Å². The van der Waals surface area contributed by atoms with E-state index in [2.05, 4.69) is 11.6 Å². The van der Waals surface area contributed by atoms with Crippen LogP contribution in [0, 0.1) is 5.92 Å². The summed E-state index contributed by atoms with van der Waals surface area (Å²) in [4.78, 5) is 0. The van der Waals surface area contributed by atoms with Crippen LogP contribution < -0.4 is 4.72 Å². The fourth-order valence-electron chi connectivity index (χ4n) is 2.36. The zero-order valence-corrected chi connectivity index (χ0v) is 12.0. The summed E-state index contributed by atoms with van der Waals surface area (Å²) in [5.74, 6) is 0.741. The Labute approximate surface area is 103 Å². The van der Waals surface area contributed by atoms with E-state index in [-0.39, 0.29) is 4.75 Å². The average molecular weight is 245 g/mol. The molecule has 0 heterocycles. The highest BCUT2D eigenvalue weighted by Crippen LogP contribution is 2.28. The standard InChI is InChI=1S/C13H27NOS/c1-5-12(11-9-7-6-8-10-11)14-16(15)13(2,3)4/h11-12,14H,5-10H2,1-4H3/t12-,16+/m0/s1. The van der Waals surface area contributed by atoms with Gasteiger partial charge in [0.15, 0.2) is 0 Å². The molecule has 2 atom stereocenters. The van der Waals surface area contributed by atoms with Crippen LogP contribution >= 0.6 is 0 Å². The van der Waals surface area contributed by atoms with Crippen LogP contribution in [0.1, 0.15) is 66.2 Å². The molecule has 2 nitrogen and oxygen atoms in total. The second-order valence-electron chi connectivity index (χ2n) is 5.91. The summed E-state index contributed by atoms with van der Waals surface area (Å²) in [6.45, 7) is 8.29. The van der Waals surface area contributed by atoms with Crippen LogP contribution in [0.4, 0.5) is 0 Å². The lowest BCUT2D eigenvalue weighted by Gasteiger charge is -2.32. The predicted molar refractivity (Wildman–Crippen MR) is 71.7 cm³/mol. The molecule has 0 radical (unpaired) electrons. The molecule has 1 aliphatic rings. The highest BCUT2D eigenvalue weighted by Gasteiger charge is 2.27. The van der Waals surface area contributed by atoms with Crippen LogP contribution in [-0.4, -0.2) is 15.0 Å². The van der Waals surface area contributed by atoms with Crippen molar-refractivity contribution >= 4 is 11.0 Å². The lowest BCUT2D eigenvalue weighted by Crippen LogP contribution is -2.43. The topological polar surface area (TPSA) is 29.1 Å². The summed E-state index contributed by atoms with van der Waals surface area (Å²) in [5, 5.41) is 0. The third-order valence-corrected chi connectivity index (χ3v) is 5.10. The maximum absolute atomic E-state index is 12.1. The highest BCUT2D eigenvalue weighted by molar-refractivity contribution is 7.84. The molecule has 0 aromatic rings. The van der Waals surface area contributed by atoms with Gasteiger partial charge in [0.05, 0.1) is 15.7 Å². The molecule has 0 aromatic heterocycles. The van der Waals surface area contributed by atoms with E-state index in [0.717, 1.165) is 12.3 Å². The highest BCUT2D eigenvalue weighted by atomic mass is 32.2. The number of rotatable bonds is 4. The van der Waals surface area contributed by atoms with E-state index in [4.69, 9.17) is 0 Å². The Morgan fingerprint density at radius 3 is 2.25 bits per heavy atom. The van der Waals surface area contributed by atoms with Gasteiger partial charge in [-0.1, -0.05) is 26.2 Å². The first-order valence-corrected chi connectivity index (χ1v) is 7.78. The molecule has 1 rings (SSSR count). The van der Waals surface area contributed by atoms with Crippen LogP contribution in [0.5, 0.6) is 0 Å². The average Bonchev–Trinajstić information content (AvgIpc) is 2.25. The molecule has 1 aliphatic carbocycles. The minimum atomic E-state index is -0.919. The number of hydrogen-bond acceptors (Lipinski definition) is 1. The molecule has 1 fully saturated rings. The maximum Gasteiger partial charge on any atom is 0.0972 e. The van der Waals surface area contributed by atoms with Gasteiger partial charge in [-0.2, -0.15) is 0 Å². The summed E-state index contributed by atoms with van der Waals surface area (Å²) >= 11 is 0. The van der Waals surface area contributed by atoms with Crippen LogP contribution in [-0.2, 0) is 11.0 Å². The Morgan fingerprint density at radius 2 is 1.81 bits per heavy atom. The van der Waals surface area contributed by atoms with Crippen molar-refractivity contribution in [2.75, 3.05) is 0 Å². The van der Waals surface area contributed by atoms with Crippen LogP contribution in [0.25, 0.3) is 0 Å². The van der Waals surface area contributed by atoms with Crippen LogP contribution in [0.2, 0.25) is 0 Å². The SMILES string of the molecule is CC[C@H](N[S@](=O)C(C)(C)C)C1CCCCC1. The largest absolute Gasteiger partial charge is 0.242 e. The first-order valence-electron chi connectivity index (χ1n) is 6.63. The molecular weight excluding hydrogens is 218 g/mol. The van der Waals surface area contributed by atoms with E-state index in [1.54, 1.807) is 0 Å². The molecule has 0 aliphatic heterocycles. The molecule has 96 valence electrons. The Balaban J connectivity index is 2.50. The van der Waals surface area contributed by atoms with Crippen molar-refractivity contribution in [1.29, 1.82) is 0 Å². The molecule has 16 heavy (non-hydrogen) atoms. The van der Waals surface area contributed by atoms with Crippen molar-refractivity contribution in [3.05, 3.63) is 0 Å². The normalized spacial score (nSPS) is 23.0. The third-order valence-electron chi connectivity index (χ3n) is 3.47. The summed E-state index contributed by atoms with van der Waals surface area (Å²) < 4.78 is 15.3. The lowest BCUT2D eigenvalue weighted by atomic mass is 9.83. The lowest BCUT2D eigenvalue weighted by molar-refractivity contribution is 0.287. The van der Waals surface area contributed by atoms with Gasteiger partial charge in [-0.15, -0.1) is 0 Å². The molecule has 1 saturated carbocycles. The van der Waals surface area contributed by atoms with Crippen molar-refractivity contribution in [3.8, 4) is 0 Å². The molecule has 0 amide bonds. The van der Waals surface area contributed by atoms with E-state index >= 15 is 0 Å². The van der Waals surface area contributed by atoms with Gasteiger partial charge >= 0.3 is 0 Å². The van der Waals surface area contributed by atoms with Crippen molar-refractivity contribution in [3.63, 3.8) is 0 Å². The Hall–Kier alpha value is 0.110. The van der Waals surface area contributed by atoms with E-state index in [0.29, 0.717) is 6.04 Å². The van der Waals surface area contributed by atoms with Gasteiger partial charge in [-0.25, -0.2) is 8.93 Å². The predicted octanol–water partition coefficient (Wildman–Crippen LogP) is 3.40. The van der Waals surface area contributed by atoms with Crippen LogP contribution in [0.3, 0.4) is 0 Å². The number of hydrogen-bond donors (Lipinski definition) is 1. The minimum Gasteiger partial charge on any atom is -0.242 e. The maximum atomic E-state index is 12.1. The Kier molecular flexibility index (Phi) is 5.45. The van der Waals surface area contributed by atoms with E-state index in [9.17, 15) is 4.21 Å². The zero-order valence-electron chi connectivity index (χ0n) is 11.2. The van der Waals surface area contributed by atoms with E-state index in [1.807, 2.05) is 20.8 Å². The van der Waals surface area contributed by atoms with Crippen molar-refractivity contribution < 1.29 is 4.21 Å². The molecule has 0 aromatic carbocycles. The quantitative estimate of drug-likeness (QED) is 0.808. The van der Waals surface area contributed by atoms with Crippen molar-refractivity contribution in [2.24, 2.45) is 5.92 Å². The number of nitrogens with one attached hydrogen (secondary N) is 1. The van der Waals surface area contributed by atoms with E-state index < -0.39 is 11.0 Å². The van der Waals surface area contributed by atoms with Gasteiger partial charge in [0.2, 0.25) is 0 Å². The second-order valence-corrected chi connectivity index (χ2v) is 7.91. The Morgan fingerprint density at radius 1 is 1.25 bits per heavy atom. The fraction of sp³-hybridized carbons (Fsp3) is 1.00. The monoisotopic (exact) mass is 245 g/mol. The summed E-state index contributed by atoms with van der Waals surface area (Å²) in [6, 6.07) is 0.445. The zero-order chi connectivity index (χ0) is 12.2. The van der Waals surface area contributed by atoms with E-state index in [1.165, 1.54) is 32.1 Å². The summed E-state index contributed by atoms with van der Waals surface area (Å²) in [6.07, 6.45) is 7.80. The third kappa shape index (κ3) is 4.17. The minimum absolute atomic E-state index is 0.151. The Bertz CT molecular complexity index is 229. The summed E-state index contributed by atoms with van der Waals surface area (Å²) in [7, 11) is -0.919. The van der Waals surface area contributed by atoms with Gasteiger partial charge in [-0.3, -0.25) is 0 Å². The molecule has 3 heteroatoms. The van der Waals surface area contributed by atoms with Gasteiger partial charge < -0.3 is 0 Å². The molecule has 1 N–H and O–H groups in total. The van der Waals surface area contributed by atoms with Gasteiger partial charge in [-0.05, 0) is 46.0 Å². The van der Waals surface area contributed by atoms with Gasteiger partial charge in [0.1, 0.15) is 0 Å². The molecule has 0 spiro atoms. The second kappa shape index (κ2) is 6.15. The summed E-state index contributed by atoms with van der Waals surface area (Å²) in [5.41, 5.74) is 0. The smallest absolute Gasteiger partial charge is 0.0972 e. The molecular formula is C13H27NOS. The van der Waals surface area contributed by atoms with Gasteiger partial charge in [0.25, 0.3) is 0 Å². The molecule has 0 unspecified atom stereocenters. The molecule has 0 saturated heterocycles. The van der Waals surface area contributed by atoms with Crippen molar-refractivity contribution in [2.45, 2.75) is 77.0 Å².